The molecule has 2 aliphatic heterocycles. The molecule has 18 heavy (non-hydrogen) atoms. The lowest BCUT2D eigenvalue weighted by molar-refractivity contribution is 0.177. The Bertz CT molecular complexity index is 592. The first-order chi connectivity index (χ1) is 8.86. The summed E-state index contributed by atoms with van der Waals surface area (Å²) < 4.78 is 7.77. The highest BCUT2D eigenvalue weighted by Crippen LogP contribution is 2.44. The van der Waals surface area contributed by atoms with Gasteiger partial charge in [0, 0.05) is 17.5 Å². The van der Waals surface area contributed by atoms with E-state index >= 15 is 0 Å². The van der Waals surface area contributed by atoms with E-state index in [1.807, 2.05) is 12.5 Å². The molecule has 1 fully saturated rings. The van der Waals surface area contributed by atoms with Crippen LogP contribution in [-0.4, -0.2) is 28.8 Å². The monoisotopic (exact) mass is 241 g/mol. The van der Waals surface area contributed by atoms with E-state index in [1.165, 1.54) is 16.8 Å². The first kappa shape index (κ1) is 10.3. The van der Waals surface area contributed by atoms with Crippen LogP contribution in [0.5, 0.6) is 0 Å². The van der Waals surface area contributed by atoms with Crippen LogP contribution in [-0.2, 0) is 4.74 Å². The molecule has 4 heteroatoms. The van der Waals surface area contributed by atoms with Gasteiger partial charge < -0.3 is 15.0 Å². The molecule has 0 spiro atoms. The number of nitrogens with two attached hydrogens (primary N) is 1. The SMILES string of the molecule is N[C@H]1COC[C@H]1[C@H]1c2ccccc2-c2cncn21. The van der Waals surface area contributed by atoms with E-state index in [4.69, 9.17) is 10.5 Å². The fourth-order valence-electron chi connectivity index (χ4n) is 3.22. The smallest absolute Gasteiger partial charge is 0.0956 e. The molecule has 3 atom stereocenters. The van der Waals surface area contributed by atoms with Crippen LogP contribution in [0.2, 0.25) is 0 Å². The summed E-state index contributed by atoms with van der Waals surface area (Å²) in [6, 6.07) is 8.89. The predicted molar refractivity (Wildman–Crippen MR) is 68.1 cm³/mol. The molecule has 0 saturated carbocycles. The highest BCUT2D eigenvalue weighted by molar-refractivity contribution is 5.69. The number of rotatable bonds is 1. The van der Waals surface area contributed by atoms with Crippen molar-refractivity contribution in [1.82, 2.24) is 9.55 Å². The van der Waals surface area contributed by atoms with Crippen molar-refractivity contribution in [1.29, 1.82) is 0 Å². The van der Waals surface area contributed by atoms with Crippen molar-refractivity contribution >= 4 is 0 Å². The highest BCUT2D eigenvalue weighted by Gasteiger charge is 2.39. The Hall–Kier alpha value is -1.65. The molecule has 2 aliphatic rings. The van der Waals surface area contributed by atoms with Crippen LogP contribution in [0.1, 0.15) is 11.6 Å². The number of ether oxygens (including phenoxy) is 1. The summed E-state index contributed by atoms with van der Waals surface area (Å²) >= 11 is 0. The molecule has 2 N–H and O–H groups in total. The van der Waals surface area contributed by atoms with Gasteiger partial charge in [0.2, 0.25) is 0 Å². The highest BCUT2D eigenvalue weighted by atomic mass is 16.5. The molecule has 4 rings (SSSR count). The summed E-state index contributed by atoms with van der Waals surface area (Å²) in [7, 11) is 0. The van der Waals surface area contributed by atoms with E-state index in [0.717, 1.165) is 6.61 Å². The Morgan fingerprint density at radius 2 is 2.17 bits per heavy atom. The summed E-state index contributed by atoms with van der Waals surface area (Å²) in [6.07, 6.45) is 3.84. The number of benzene rings is 1. The fourth-order valence-corrected chi connectivity index (χ4v) is 3.22. The predicted octanol–water partition coefficient (Wildman–Crippen LogP) is 1.43. The Morgan fingerprint density at radius 3 is 3.00 bits per heavy atom. The van der Waals surface area contributed by atoms with E-state index in [0.29, 0.717) is 12.5 Å². The van der Waals surface area contributed by atoms with Gasteiger partial charge in [-0.2, -0.15) is 0 Å². The summed E-state index contributed by atoms with van der Waals surface area (Å²) in [5.74, 6) is 0.335. The normalized spacial score (nSPS) is 29.3. The van der Waals surface area contributed by atoms with Gasteiger partial charge >= 0.3 is 0 Å². The number of hydrogen-bond donors (Lipinski definition) is 1. The van der Waals surface area contributed by atoms with Crippen molar-refractivity contribution in [3.63, 3.8) is 0 Å². The molecule has 0 bridgehead atoms. The van der Waals surface area contributed by atoms with Crippen molar-refractivity contribution in [3.05, 3.63) is 42.4 Å². The fraction of sp³-hybridized carbons (Fsp3) is 0.357. The first-order valence-corrected chi connectivity index (χ1v) is 6.30. The van der Waals surface area contributed by atoms with Gasteiger partial charge in [-0.25, -0.2) is 4.98 Å². The van der Waals surface area contributed by atoms with Crippen molar-refractivity contribution in [2.24, 2.45) is 11.7 Å². The summed E-state index contributed by atoms with van der Waals surface area (Å²) in [4.78, 5) is 4.27. The summed E-state index contributed by atoms with van der Waals surface area (Å²) in [5.41, 5.74) is 10.00. The molecular weight excluding hydrogens is 226 g/mol. The second kappa shape index (κ2) is 3.67. The molecule has 0 unspecified atom stereocenters. The number of aromatic nitrogens is 2. The molecule has 0 radical (unpaired) electrons. The number of nitrogens with zero attached hydrogens (tertiary/aromatic N) is 2. The summed E-state index contributed by atoms with van der Waals surface area (Å²) in [5, 5.41) is 0. The summed E-state index contributed by atoms with van der Waals surface area (Å²) in [6.45, 7) is 1.39. The van der Waals surface area contributed by atoms with Crippen LogP contribution in [0.15, 0.2) is 36.8 Å². The lowest BCUT2D eigenvalue weighted by Gasteiger charge is -2.23. The van der Waals surface area contributed by atoms with E-state index in [-0.39, 0.29) is 12.1 Å². The van der Waals surface area contributed by atoms with Crippen LogP contribution in [0.25, 0.3) is 11.3 Å². The molecule has 0 amide bonds. The van der Waals surface area contributed by atoms with Gasteiger partial charge in [0.1, 0.15) is 0 Å². The molecule has 1 saturated heterocycles. The minimum Gasteiger partial charge on any atom is -0.379 e. The lowest BCUT2D eigenvalue weighted by atomic mass is 9.89. The van der Waals surface area contributed by atoms with Gasteiger partial charge in [-0.05, 0) is 5.56 Å². The molecule has 1 aromatic heterocycles. The van der Waals surface area contributed by atoms with E-state index in [9.17, 15) is 0 Å². The minimum atomic E-state index is 0.108. The van der Waals surface area contributed by atoms with Gasteiger partial charge in [0.15, 0.2) is 0 Å². The van der Waals surface area contributed by atoms with Gasteiger partial charge in [0.25, 0.3) is 0 Å². The maximum Gasteiger partial charge on any atom is 0.0956 e. The molecular formula is C14H15N3O. The maximum atomic E-state index is 6.18. The Morgan fingerprint density at radius 1 is 1.28 bits per heavy atom. The Labute approximate surface area is 105 Å². The van der Waals surface area contributed by atoms with Crippen molar-refractivity contribution < 1.29 is 4.74 Å². The third-order valence-corrected chi connectivity index (χ3v) is 4.10. The molecule has 1 aromatic carbocycles. The zero-order chi connectivity index (χ0) is 12.1. The molecule has 4 nitrogen and oxygen atoms in total. The zero-order valence-electron chi connectivity index (χ0n) is 9.99. The average molecular weight is 241 g/mol. The standard InChI is InChI=1S/C14H15N3O/c15-12-7-18-6-11(12)14-10-4-2-1-3-9(10)13-5-16-8-17(13)14/h1-5,8,11-12,14H,6-7,15H2/t11-,12+,14-/m1/s1. The van der Waals surface area contributed by atoms with Gasteiger partial charge in [-0.15, -0.1) is 0 Å². The van der Waals surface area contributed by atoms with Crippen LogP contribution in [0.3, 0.4) is 0 Å². The molecule has 3 heterocycles. The largest absolute Gasteiger partial charge is 0.379 e. The second-order valence-electron chi connectivity index (χ2n) is 5.08. The van der Waals surface area contributed by atoms with Crippen molar-refractivity contribution in [2.45, 2.75) is 12.1 Å². The van der Waals surface area contributed by atoms with Gasteiger partial charge in [-0.1, -0.05) is 24.3 Å². The third-order valence-electron chi connectivity index (χ3n) is 4.10. The Balaban J connectivity index is 1.89. The average Bonchev–Trinajstić information content (AvgIpc) is 3.05. The van der Waals surface area contributed by atoms with E-state index in [1.54, 1.807) is 0 Å². The molecule has 0 aliphatic carbocycles. The van der Waals surface area contributed by atoms with E-state index < -0.39 is 0 Å². The van der Waals surface area contributed by atoms with E-state index in [2.05, 4.69) is 33.8 Å². The quantitative estimate of drug-likeness (QED) is 0.821. The first-order valence-electron chi connectivity index (χ1n) is 6.30. The lowest BCUT2D eigenvalue weighted by Crippen LogP contribution is -2.34. The number of hydrogen-bond acceptors (Lipinski definition) is 3. The van der Waals surface area contributed by atoms with Gasteiger partial charge in [-0.3, -0.25) is 0 Å². The minimum absolute atomic E-state index is 0.108. The topological polar surface area (TPSA) is 53.1 Å². The van der Waals surface area contributed by atoms with Crippen molar-refractivity contribution in [2.75, 3.05) is 13.2 Å². The number of imidazole rings is 1. The van der Waals surface area contributed by atoms with Gasteiger partial charge in [0.05, 0.1) is 37.5 Å². The van der Waals surface area contributed by atoms with Crippen LogP contribution in [0.4, 0.5) is 0 Å². The number of fused-ring (bicyclic) bond motifs is 3. The van der Waals surface area contributed by atoms with Crippen molar-refractivity contribution in [3.8, 4) is 11.3 Å². The maximum absolute atomic E-state index is 6.18. The van der Waals surface area contributed by atoms with Crippen LogP contribution < -0.4 is 5.73 Å². The second-order valence-corrected chi connectivity index (χ2v) is 5.08. The molecule has 92 valence electrons. The Kier molecular flexibility index (Phi) is 2.10. The zero-order valence-corrected chi connectivity index (χ0v) is 9.99. The molecule has 2 aromatic rings. The third kappa shape index (κ3) is 1.24. The van der Waals surface area contributed by atoms with Crippen LogP contribution in [0, 0.1) is 5.92 Å². The van der Waals surface area contributed by atoms with Crippen LogP contribution >= 0.6 is 0 Å².